The Labute approximate surface area is 370 Å². The second-order valence-electron chi connectivity index (χ2n) is 13.6. The Bertz CT molecular complexity index is 3890. The van der Waals surface area contributed by atoms with E-state index < -0.39 is 136 Å². The minimum absolute atomic E-state index is 0.0274. The van der Waals surface area contributed by atoms with Gasteiger partial charge in [-0.1, -0.05) is 206 Å². The van der Waals surface area contributed by atoms with Crippen molar-refractivity contribution in [3.8, 4) is 66.8 Å². The van der Waals surface area contributed by atoms with Crippen molar-refractivity contribution in [3.05, 3.63) is 248 Å². The number of nitrogens with zero attached hydrogens (tertiary/aromatic N) is 1. The van der Waals surface area contributed by atoms with Crippen LogP contribution in [0.2, 0.25) is 0 Å². The van der Waals surface area contributed by atoms with E-state index in [1.807, 2.05) is 103 Å². The van der Waals surface area contributed by atoms with Crippen LogP contribution in [0.15, 0.2) is 248 Å². The molecule has 0 aromatic heterocycles. The van der Waals surface area contributed by atoms with Crippen molar-refractivity contribution >= 4 is 27.8 Å². The third-order valence-electron chi connectivity index (χ3n) is 10.00. The molecule has 0 saturated carbocycles. The van der Waals surface area contributed by atoms with Crippen LogP contribution < -0.4 is 4.90 Å². The molecule has 0 amide bonds. The fraction of sp³-hybridized carbons (Fsp3) is 0. The highest BCUT2D eigenvalue weighted by atomic mass is 15.1. The first-order valence-electron chi connectivity index (χ1n) is 27.4. The van der Waals surface area contributed by atoms with Crippen LogP contribution in [0.5, 0.6) is 0 Å². The first kappa shape index (κ1) is 21.7. The molecular formula is C58H41N. The van der Waals surface area contributed by atoms with Crippen LogP contribution in [-0.2, 0) is 0 Å². The van der Waals surface area contributed by atoms with Gasteiger partial charge in [0.1, 0.15) is 0 Å². The summed E-state index contributed by atoms with van der Waals surface area (Å²) in [5.41, 5.74) is 2.23. The van der Waals surface area contributed by atoms with Crippen molar-refractivity contribution < 1.29 is 23.3 Å². The first-order chi connectivity index (χ1) is 36.3. The molecule has 1 nitrogen and oxygen atoms in total. The van der Waals surface area contributed by atoms with Gasteiger partial charge in [0.15, 0.2) is 0 Å². The lowest BCUT2D eigenvalue weighted by molar-refractivity contribution is 1.28. The Morgan fingerprint density at radius 1 is 0.271 bits per heavy atom. The number of hydrogen-bond acceptors (Lipinski definition) is 1. The van der Waals surface area contributed by atoms with Crippen molar-refractivity contribution in [1.29, 1.82) is 0 Å². The molecule has 0 fully saturated rings. The van der Waals surface area contributed by atoms with Crippen LogP contribution in [0.1, 0.15) is 23.3 Å². The fourth-order valence-electron chi connectivity index (χ4n) is 7.02. The van der Waals surface area contributed by atoms with E-state index in [0.29, 0.717) is 5.56 Å². The van der Waals surface area contributed by atoms with E-state index >= 15 is 0 Å². The minimum atomic E-state index is -0.875. The molecule has 59 heavy (non-hydrogen) atoms. The molecule has 10 rings (SSSR count). The molecule has 0 radical (unpaired) electrons. The van der Waals surface area contributed by atoms with E-state index in [-0.39, 0.29) is 11.3 Å². The van der Waals surface area contributed by atoms with Crippen LogP contribution in [0.25, 0.3) is 77.5 Å². The topological polar surface area (TPSA) is 3.24 Å². The SMILES string of the molecule is [2H]c1c([2H])c([2H])c(-c2c([2H])c([2H])c(-c3c([2H])c([2H])c(N(c4ccc(-c5ccc(-c6ccccc6)cc5)cc4)c4c([2H])c([2H])c(-c5cccc(-c6cccc7ccccc67)c5)c([2H])c4[2H])c([2H])c3[2H])c([2H])c2[2H])c([2H])c1[2H]. The molecule has 0 aliphatic heterocycles. The molecule has 0 aliphatic carbocycles. The molecule has 0 unspecified atom stereocenters. The van der Waals surface area contributed by atoms with E-state index in [4.69, 9.17) is 12.3 Å². The van der Waals surface area contributed by atoms with Gasteiger partial charge in [-0.05, 0) is 120 Å². The number of hydrogen-bond donors (Lipinski definition) is 0. The highest BCUT2D eigenvalue weighted by molar-refractivity contribution is 5.97. The molecule has 0 heterocycles. The van der Waals surface area contributed by atoms with Crippen molar-refractivity contribution in [1.82, 2.24) is 0 Å². The average Bonchev–Trinajstić information content (AvgIpc) is 3.44. The summed E-state index contributed by atoms with van der Waals surface area (Å²) in [6, 6.07) is 32.5. The van der Waals surface area contributed by atoms with E-state index in [1.165, 1.54) is 0 Å². The van der Waals surface area contributed by atoms with Crippen molar-refractivity contribution in [2.75, 3.05) is 4.90 Å². The zero-order valence-electron chi connectivity index (χ0n) is 48.3. The van der Waals surface area contributed by atoms with Gasteiger partial charge in [0.05, 0.1) is 23.3 Å². The van der Waals surface area contributed by atoms with Gasteiger partial charge in [0, 0.05) is 17.1 Å². The van der Waals surface area contributed by atoms with Crippen molar-refractivity contribution in [2.45, 2.75) is 0 Å². The number of fused-ring (bicyclic) bond motifs is 1. The normalized spacial score (nSPS) is 15.1. The van der Waals surface area contributed by atoms with Gasteiger partial charge in [-0.3, -0.25) is 0 Å². The predicted octanol–water partition coefficient (Wildman–Crippen LogP) is 16.3. The van der Waals surface area contributed by atoms with Crippen molar-refractivity contribution in [3.63, 3.8) is 0 Å². The summed E-state index contributed by atoms with van der Waals surface area (Å²) in [5.74, 6) is 0. The smallest absolute Gasteiger partial charge is 0.0645 e. The zero-order valence-corrected chi connectivity index (χ0v) is 31.3. The van der Waals surface area contributed by atoms with Gasteiger partial charge in [-0.25, -0.2) is 0 Å². The molecule has 0 N–H and O–H groups in total. The quantitative estimate of drug-likeness (QED) is 0.141. The first-order valence-corrected chi connectivity index (χ1v) is 18.9. The molecule has 10 aromatic carbocycles. The van der Waals surface area contributed by atoms with Gasteiger partial charge in [-0.2, -0.15) is 0 Å². The van der Waals surface area contributed by atoms with E-state index in [2.05, 4.69) is 0 Å². The summed E-state index contributed by atoms with van der Waals surface area (Å²) in [6.07, 6.45) is 0. The molecule has 0 atom stereocenters. The lowest BCUT2D eigenvalue weighted by atomic mass is 9.95. The lowest BCUT2D eigenvalue weighted by Gasteiger charge is -2.26. The second-order valence-corrected chi connectivity index (χ2v) is 13.6. The summed E-state index contributed by atoms with van der Waals surface area (Å²) in [5, 5.41) is 1.97. The summed E-state index contributed by atoms with van der Waals surface area (Å²) in [4.78, 5) is 1.13. The van der Waals surface area contributed by atoms with Gasteiger partial charge in [-0.15, -0.1) is 0 Å². The van der Waals surface area contributed by atoms with E-state index in [0.717, 1.165) is 49.1 Å². The molecule has 0 bridgehead atoms. The summed E-state index contributed by atoms with van der Waals surface area (Å²) in [6.45, 7) is 0. The van der Waals surface area contributed by atoms with Gasteiger partial charge >= 0.3 is 0 Å². The van der Waals surface area contributed by atoms with Crippen LogP contribution >= 0.6 is 0 Å². The van der Waals surface area contributed by atoms with Crippen LogP contribution in [0.3, 0.4) is 0 Å². The number of benzene rings is 10. The highest BCUT2D eigenvalue weighted by Crippen LogP contribution is 2.39. The molecule has 10 aromatic rings. The van der Waals surface area contributed by atoms with Gasteiger partial charge in [0.25, 0.3) is 0 Å². The molecule has 1 heteroatoms. The maximum Gasteiger partial charge on any atom is 0.0645 e. The average molecular weight is 769 g/mol. The number of anilines is 3. The predicted molar refractivity (Wildman–Crippen MR) is 251 cm³/mol. The van der Waals surface area contributed by atoms with Gasteiger partial charge < -0.3 is 4.90 Å². The summed E-state index contributed by atoms with van der Waals surface area (Å²) < 4.78 is 154. The largest absolute Gasteiger partial charge is 0.311 e. The van der Waals surface area contributed by atoms with Gasteiger partial charge in [0.2, 0.25) is 0 Å². The monoisotopic (exact) mass is 768 g/mol. The van der Waals surface area contributed by atoms with Crippen LogP contribution in [0.4, 0.5) is 17.1 Å². The van der Waals surface area contributed by atoms with Crippen molar-refractivity contribution in [2.24, 2.45) is 0 Å². The Morgan fingerprint density at radius 2 is 0.695 bits per heavy atom. The summed E-state index contributed by atoms with van der Waals surface area (Å²) in [7, 11) is 0. The second kappa shape index (κ2) is 16.0. The van der Waals surface area contributed by atoms with Crippen LogP contribution in [0, 0.1) is 0 Å². The molecule has 0 saturated heterocycles. The fourth-order valence-corrected chi connectivity index (χ4v) is 7.02. The Morgan fingerprint density at radius 3 is 1.31 bits per heavy atom. The lowest BCUT2D eigenvalue weighted by Crippen LogP contribution is -2.09. The zero-order chi connectivity index (χ0) is 54.2. The van der Waals surface area contributed by atoms with E-state index in [9.17, 15) is 11.0 Å². The molecular weight excluding hydrogens is 711 g/mol. The maximum atomic E-state index is 9.63. The Kier molecular flexibility index (Phi) is 5.89. The molecule has 0 spiro atoms. The highest BCUT2D eigenvalue weighted by Gasteiger charge is 2.15. The standard InChI is InChI=1S/C58H41N/c1-3-11-42(12-4-1)44-21-25-46(26-22-44)48-29-35-54(36-30-48)59(55-37-31-49(32-38-55)47-27-23-45(24-28-47)43-13-5-2-6-14-43)56-39-33-50(34-40-56)52-17-9-18-53(41-52)58-20-10-16-51-15-7-8-19-57(51)58/h1-41H/i1D,3D,4D,11D,12D,21D,22D,25D,26D,29D,30D,33D,34D,35D,36D,39D,40D. The third-order valence-corrected chi connectivity index (χ3v) is 10.00. The van der Waals surface area contributed by atoms with E-state index in [1.54, 1.807) is 42.5 Å². The van der Waals surface area contributed by atoms with Crippen LogP contribution in [-0.4, -0.2) is 0 Å². The Hall–Kier alpha value is -7.74. The third kappa shape index (κ3) is 7.46. The molecule has 278 valence electrons. The maximum absolute atomic E-state index is 9.63. The molecule has 0 aliphatic rings. The summed E-state index contributed by atoms with van der Waals surface area (Å²) >= 11 is 0. The minimum Gasteiger partial charge on any atom is -0.311 e. The Balaban J connectivity index is 1.16. The number of rotatable bonds is 9.